The summed E-state index contributed by atoms with van der Waals surface area (Å²) in [4.78, 5) is 2.31. The lowest BCUT2D eigenvalue weighted by atomic mass is 10.1. The molecule has 106 valence electrons. The van der Waals surface area contributed by atoms with Gasteiger partial charge in [0.2, 0.25) is 0 Å². The molecule has 2 rings (SSSR count). The van der Waals surface area contributed by atoms with E-state index in [1.807, 2.05) is 54.2 Å². The van der Waals surface area contributed by atoms with Gasteiger partial charge in [0.05, 0.1) is 0 Å². The maximum Gasteiger partial charge on any atom is 0.129 e. The number of nitriles is 2. The molecular formula is C16H14BrN3S. The van der Waals surface area contributed by atoms with E-state index in [9.17, 15) is 0 Å². The molecule has 0 bridgehead atoms. The standard InChI is InChI=1S/C16H14BrN3S/c17-15-4-2-14(3-5-15)16(6-1-13(11-18)12-19)20-7-9-21-10-8-20/h1-6H,7-10H2. The van der Waals surface area contributed by atoms with E-state index in [2.05, 4.69) is 20.8 Å². The SMILES string of the molecule is N#CC(C#N)=CC=C(c1ccc(Br)cc1)N1CCSCC1. The van der Waals surface area contributed by atoms with Crippen LogP contribution in [0.2, 0.25) is 0 Å². The molecule has 1 aliphatic heterocycles. The van der Waals surface area contributed by atoms with Crippen LogP contribution >= 0.6 is 27.7 Å². The summed E-state index contributed by atoms with van der Waals surface area (Å²) in [5.74, 6) is 2.20. The molecule has 0 radical (unpaired) electrons. The Morgan fingerprint density at radius 2 is 1.71 bits per heavy atom. The highest BCUT2D eigenvalue weighted by atomic mass is 79.9. The second kappa shape index (κ2) is 7.93. The van der Waals surface area contributed by atoms with E-state index in [-0.39, 0.29) is 5.57 Å². The van der Waals surface area contributed by atoms with Crippen molar-refractivity contribution in [2.75, 3.05) is 24.6 Å². The van der Waals surface area contributed by atoms with Gasteiger partial charge in [0, 0.05) is 34.8 Å². The van der Waals surface area contributed by atoms with Crippen molar-refractivity contribution >= 4 is 33.4 Å². The van der Waals surface area contributed by atoms with Gasteiger partial charge in [-0.15, -0.1) is 0 Å². The van der Waals surface area contributed by atoms with Gasteiger partial charge >= 0.3 is 0 Å². The number of rotatable bonds is 3. The van der Waals surface area contributed by atoms with E-state index >= 15 is 0 Å². The van der Waals surface area contributed by atoms with Crippen LogP contribution in [0.25, 0.3) is 5.70 Å². The van der Waals surface area contributed by atoms with Gasteiger partial charge in [0.1, 0.15) is 17.7 Å². The molecule has 0 amide bonds. The van der Waals surface area contributed by atoms with Crippen molar-refractivity contribution in [1.29, 1.82) is 10.5 Å². The highest BCUT2D eigenvalue weighted by Crippen LogP contribution is 2.24. The van der Waals surface area contributed by atoms with Crippen LogP contribution in [0.15, 0.2) is 46.5 Å². The van der Waals surface area contributed by atoms with Crippen LogP contribution in [0, 0.1) is 22.7 Å². The van der Waals surface area contributed by atoms with Crippen molar-refractivity contribution in [2.45, 2.75) is 0 Å². The minimum absolute atomic E-state index is 0.121. The largest absolute Gasteiger partial charge is 0.369 e. The molecule has 0 spiro atoms. The molecule has 1 aromatic carbocycles. The zero-order valence-corrected chi connectivity index (χ0v) is 13.8. The summed E-state index contributed by atoms with van der Waals surface area (Å²) in [7, 11) is 0. The summed E-state index contributed by atoms with van der Waals surface area (Å²) in [6.07, 6.45) is 3.47. The fourth-order valence-corrected chi connectivity index (χ4v) is 3.24. The van der Waals surface area contributed by atoms with E-state index in [1.54, 1.807) is 6.08 Å². The van der Waals surface area contributed by atoms with Crippen LogP contribution in [0.4, 0.5) is 0 Å². The second-order valence-electron chi connectivity index (χ2n) is 4.46. The number of hydrogen-bond donors (Lipinski definition) is 0. The fraction of sp³-hybridized carbons (Fsp3) is 0.250. The molecule has 5 heteroatoms. The smallest absolute Gasteiger partial charge is 0.129 e. The lowest BCUT2D eigenvalue weighted by Crippen LogP contribution is -2.31. The monoisotopic (exact) mass is 359 g/mol. The van der Waals surface area contributed by atoms with Crippen molar-refractivity contribution in [3.8, 4) is 12.1 Å². The highest BCUT2D eigenvalue weighted by molar-refractivity contribution is 9.10. The highest BCUT2D eigenvalue weighted by Gasteiger charge is 2.14. The molecule has 0 saturated carbocycles. The zero-order chi connectivity index (χ0) is 15.1. The van der Waals surface area contributed by atoms with Crippen LogP contribution in [-0.4, -0.2) is 29.5 Å². The van der Waals surface area contributed by atoms with Gasteiger partial charge in [-0.1, -0.05) is 28.1 Å². The molecule has 1 aromatic rings. The average Bonchev–Trinajstić information content (AvgIpc) is 2.54. The summed E-state index contributed by atoms with van der Waals surface area (Å²) in [5.41, 5.74) is 2.28. The Hall–Kier alpha value is -1.69. The summed E-state index contributed by atoms with van der Waals surface area (Å²) in [5, 5.41) is 17.7. The van der Waals surface area contributed by atoms with Crippen LogP contribution in [-0.2, 0) is 0 Å². The lowest BCUT2D eigenvalue weighted by molar-refractivity contribution is 0.439. The number of nitrogens with zero attached hydrogens (tertiary/aromatic N) is 3. The maximum absolute atomic E-state index is 8.86. The first-order valence-electron chi connectivity index (χ1n) is 6.55. The second-order valence-corrected chi connectivity index (χ2v) is 6.60. The zero-order valence-electron chi connectivity index (χ0n) is 11.4. The maximum atomic E-state index is 8.86. The number of allylic oxidation sites excluding steroid dienone is 3. The molecule has 1 heterocycles. The summed E-state index contributed by atoms with van der Waals surface area (Å²) >= 11 is 5.39. The van der Waals surface area contributed by atoms with Crippen LogP contribution in [0.1, 0.15) is 5.56 Å². The Morgan fingerprint density at radius 3 is 2.29 bits per heavy atom. The first-order chi connectivity index (χ1) is 10.2. The molecule has 1 saturated heterocycles. The Labute approximate surface area is 137 Å². The van der Waals surface area contributed by atoms with Gasteiger partial charge < -0.3 is 4.90 Å². The summed E-state index contributed by atoms with van der Waals surface area (Å²) < 4.78 is 1.03. The fourth-order valence-electron chi connectivity index (χ4n) is 2.07. The third kappa shape index (κ3) is 4.39. The van der Waals surface area contributed by atoms with Crippen molar-refractivity contribution < 1.29 is 0 Å². The predicted octanol–water partition coefficient (Wildman–Crippen LogP) is 3.81. The lowest BCUT2D eigenvalue weighted by Gasteiger charge is -2.31. The number of thioether (sulfide) groups is 1. The Balaban J connectivity index is 2.37. The van der Waals surface area contributed by atoms with Crippen LogP contribution < -0.4 is 0 Å². The quantitative estimate of drug-likeness (QED) is 0.608. The van der Waals surface area contributed by atoms with Gasteiger partial charge in [0.25, 0.3) is 0 Å². The molecule has 0 atom stereocenters. The first-order valence-corrected chi connectivity index (χ1v) is 8.50. The third-order valence-corrected chi connectivity index (χ3v) is 4.61. The van der Waals surface area contributed by atoms with E-state index in [0.717, 1.165) is 40.3 Å². The van der Waals surface area contributed by atoms with E-state index in [4.69, 9.17) is 10.5 Å². The minimum atomic E-state index is 0.121. The van der Waals surface area contributed by atoms with E-state index in [0.29, 0.717) is 0 Å². The molecule has 0 N–H and O–H groups in total. The van der Waals surface area contributed by atoms with Crippen molar-refractivity contribution in [3.63, 3.8) is 0 Å². The van der Waals surface area contributed by atoms with Gasteiger partial charge in [-0.25, -0.2) is 0 Å². The average molecular weight is 360 g/mol. The minimum Gasteiger partial charge on any atom is -0.369 e. The molecule has 1 fully saturated rings. The Morgan fingerprint density at radius 1 is 1.10 bits per heavy atom. The summed E-state index contributed by atoms with van der Waals surface area (Å²) in [6.45, 7) is 1.96. The topological polar surface area (TPSA) is 50.8 Å². The van der Waals surface area contributed by atoms with Gasteiger partial charge in [-0.2, -0.15) is 22.3 Å². The molecule has 3 nitrogen and oxygen atoms in total. The Kier molecular flexibility index (Phi) is 5.92. The van der Waals surface area contributed by atoms with Gasteiger partial charge in [-0.05, 0) is 29.8 Å². The van der Waals surface area contributed by atoms with Crippen LogP contribution in [0.3, 0.4) is 0 Å². The molecule has 1 aliphatic rings. The normalized spacial score (nSPS) is 15.0. The molecule has 0 aliphatic carbocycles. The van der Waals surface area contributed by atoms with E-state index < -0.39 is 0 Å². The Bertz CT molecular complexity index is 613. The predicted molar refractivity (Wildman–Crippen MR) is 90.3 cm³/mol. The molecule has 0 aromatic heterocycles. The number of halogens is 1. The van der Waals surface area contributed by atoms with Crippen molar-refractivity contribution in [2.24, 2.45) is 0 Å². The van der Waals surface area contributed by atoms with Gasteiger partial charge in [-0.3, -0.25) is 0 Å². The summed E-state index contributed by atoms with van der Waals surface area (Å²) in [6, 6.07) is 11.9. The number of benzene rings is 1. The number of hydrogen-bond acceptors (Lipinski definition) is 4. The van der Waals surface area contributed by atoms with E-state index in [1.165, 1.54) is 0 Å². The molecule has 21 heavy (non-hydrogen) atoms. The van der Waals surface area contributed by atoms with Crippen molar-refractivity contribution in [1.82, 2.24) is 4.90 Å². The molecular weight excluding hydrogens is 346 g/mol. The molecule has 0 unspecified atom stereocenters. The van der Waals surface area contributed by atoms with Crippen molar-refractivity contribution in [3.05, 3.63) is 52.0 Å². The van der Waals surface area contributed by atoms with Crippen LogP contribution in [0.5, 0.6) is 0 Å². The van der Waals surface area contributed by atoms with Gasteiger partial charge in [0.15, 0.2) is 0 Å². The first kappa shape index (κ1) is 15.7. The third-order valence-electron chi connectivity index (χ3n) is 3.14.